The SMILES string of the molecule is CCCCCN(CC(=O)Nc1cc(C(C)(C)C)nn1-c1ccc(Cl)c(Cl)c1)C(=O)CCc1ccccc1. The molecule has 1 N–H and O–H groups in total. The van der Waals surface area contributed by atoms with Crippen LogP contribution < -0.4 is 5.32 Å². The topological polar surface area (TPSA) is 67.2 Å². The molecule has 3 rings (SSSR count). The Kier molecular flexibility index (Phi) is 10.2. The highest BCUT2D eigenvalue weighted by Gasteiger charge is 2.23. The van der Waals surface area contributed by atoms with Crippen molar-refractivity contribution in [1.29, 1.82) is 0 Å². The number of halogens is 2. The average Bonchev–Trinajstić information content (AvgIpc) is 3.28. The highest BCUT2D eigenvalue weighted by atomic mass is 35.5. The van der Waals surface area contributed by atoms with E-state index in [2.05, 4.69) is 33.0 Å². The standard InChI is InChI=1S/C29H36Cl2N4O2/c1-5-6-10-17-34(28(37)16-13-21-11-8-7-9-12-21)20-27(36)32-26-19-25(29(2,3)4)33-35(26)22-14-15-23(30)24(31)18-22/h7-9,11-12,14-15,18-19H,5-6,10,13,16-17,20H2,1-4H3,(H,32,36). The minimum atomic E-state index is -0.272. The molecule has 8 heteroatoms. The van der Waals surface area contributed by atoms with E-state index >= 15 is 0 Å². The first-order valence-electron chi connectivity index (χ1n) is 12.8. The molecular formula is C29H36Cl2N4O2. The summed E-state index contributed by atoms with van der Waals surface area (Å²) < 4.78 is 1.65. The molecule has 2 aromatic carbocycles. The van der Waals surface area contributed by atoms with Gasteiger partial charge in [0.25, 0.3) is 0 Å². The van der Waals surface area contributed by atoms with E-state index < -0.39 is 0 Å². The first-order chi connectivity index (χ1) is 17.6. The number of nitrogens with one attached hydrogen (secondary N) is 1. The first-order valence-corrected chi connectivity index (χ1v) is 13.5. The van der Waals surface area contributed by atoms with E-state index in [9.17, 15) is 9.59 Å². The Morgan fingerprint density at radius 2 is 1.73 bits per heavy atom. The molecule has 37 heavy (non-hydrogen) atoms. The van der Waals surface area contributed by atoms with E-state index in [4.69, 9.17) is 28.3 Å². The van der Waals surface area contributed by atoms with Crippen molar-refractivity contribution in [3.63, 3.8) is 0 Å². The smallest absolute Gasteiger partial charge is 0.245 e. The molecule has 0 aliphatic heterocycles. The largest absolute Gasteiger partial charge is 0.333 e. The van der Waals surface area contributed by atoms with E-state index in [1.807, 2.05) is 36.4 Å². The van der Waals surface area contributed by atoms with Gasteiger partial charge in [-0.2, -0.15) is 5.10 Å². The van der Waals surface area contributed by atoms with Gasteiger partial charge >= 0.3 is 0 Å². The third-order valence-electron chi connectivity index (χ3n) is 6.08. The number of unbranched alkanes of at least 4 members (excludes halogenated alkanes) is 2. The molecule has 0 radical (unpaired) electrons. The second-order valence-corrected chi connectivity index (χ2v) is 11.0. The number of anilines is 1. The fourth-order valence-corrected chi connectivity index (χ4v) is 4.20. The number of rotatable bonds is 11. The third-order valence-corrected chi connectivity index (χ3v) is 6.82. The summed E-state index contributed by atoms with van der Waals surface area (Å²) in [5.41, 5.74) is 2.36. The van der Waals surface area contributed by atoms with Crippen molar-refractivity contribution >= 4 is 40.8 Å². The van der Waals surface area contributed by atoms with Crippen LogP contribution in [0.5, 0.6) is 0 Å². The van der Waals surface area contributed by atoms with E-state index in [0.717, 1.165) is 30.5 Å². The van der Waals surface area contributed by atoms with Gasteiger partial charge in [0.05, 0.1) is 28.0 Å². The van der Waals surface area contributed by atoms with E-state index in [0.29, 0.717) is 40.9 Å². The number of hydrogen-bond acceptors (Lipinski definition) is 3. The summed E-state index contributed by atoms with van der Waals surface area (Å²) in [6.45, 7) is 8.82. The van der Waals surface area contributed by atoms with Gasteiger partial charge in [-0.15, -0.1) is 0 Å². The lowest BCUT2D eigenvalue weighted by Crippen LogP contribution is -2.39. The van der Waals surface area contributed by atoms with Crippen molar-refractivity contribution in [2.24, 2.45) is 0 Å². The van der Waals surface area contributed by atoms with Crippen LogP contribution in [0.3, 0.4) is 0 Å². The zero-order valence-electron chi connectivity index (χ0n) is 22.1. The van der Waals surface area contributed by atoms with Gasteiger partial charge in [-0.1, -0.05) is 94.1 Å². The maximum atomic E-state index is 13.2. The van der Waals surface area contributed by atoms with Gasteiger partial charge in [0.1, 0.15) is 5.82 Å². The molecule has 0 spiro atoms. The molecule has 0 aliphatic rings. The summed E-state index contributed by atoms with van der Waals surface area (Å²) in [5, 5.41) is 8.55. The van der Waals surface area contributed by atoms with E-state index in [1.54, 1.807) is 27.8 Å². The number of amides is 2. The third kappa shape index (κ3) is 8.34. The van der Waals surface area contributed by atoms with Crippen molar-refractivity contribution in [2.75, 3.05) is 18.4 Å². The second-order valence-electron chi connectivity index (χ2n) is 10.2. The Balaban J connectivity index is 1.78. The predicted octanol–water partition coefficient (Wildman–Crippen LogP) is 7.07. The number of aryl methyl sites for hydroxylation is 1. The van der Waals surface area contributed by atoms with Gasteiger partial charge in [0.2, 0.25) is 11.8 Å². The lowest BCUT2D eigenvalue weighted by Gasteiger charge is -2.22. The van der Waals surface area contributed by atoms with Gasteiger partial charge in [0.15, 0.2) is 0 Å². The van der Waals surface area contributed by atoms with E-state index in [1.165, 1.54) is 0 Å². The summed E-state index contributed by atoms with van der Waals surface area (Å²) in [6, 6.07) is 17.0. The van der Waals surface area contributed by atoms with Crippen molar-refractivity contribution in [1.82, 2.24) is 14.7 Å². The van der Waals surface area contributed by atoms with Crippen molar-refractivity contribution < 1.29 is 9.59 Å². The molecule has 3 aromatic rings. The molecule has 0 bridgehead atoms. The van der Waals surface area contributed by atoms with Gasteiger partial charge in [-0.3, -0.25) is 9.59 Å². The fourth-order valence-electron chi connectivity index (χ4n) is 3.90. The van der Waals surface area contributed by atoms with Gasteiger partial charge in [0, 0.05) is 24.4 Å². The summed E-state index contributed by atoms with van der Waals surface area (Å²) in [6.07, 6.45) is 3.90. The quantitative estimate of drug-likeness (QED) is 0.263. The maximum absolute atomic E-state index is 13.2. The zero-order chi connectivity index (χ0) is 27.0. The van der Waals surface area contributed by atoms with Crippen LogP contribution in [0.2, 0.25) is 10.0 Å². The maximum Gasteiger partial charge on any atom is 0.245 e. The van der Waals surface area contributed by atoms with Crippen molar-refractivity contribution in [2.45, 2.75) is 65.2 Å². The Bertz CT molecular complexity index is 1200. The van der Waals surface area contributed by atoms with Crippen LogP contribution in [-0.4, -0.2) is 39.6 Å². The van der Waals surface area contributed by atoms with Crippen LogP contribution in [0.1, 0.15) is 64.6 Å². The zero-order valence-corrected chi connectivity index (χ0v) is 23.6. The number of nitrogens with zero attached hydrogens (tertiary/aromatic N) is 3. The number of aromatic nitrogens is 2. The highest BCUT2D eigenvalue weighted by molar-refractivity contribution is 6.42. The molecule has 0 fully saturated rings. The fraction of sp³-hybridized carbons (Fsp3) is 0.414. The number of carbonyl (C=O) groups excluding carboxylic acids is 2. The molecule has 0 unspecified atom stereocenters. The van der Waals surface area contributed by atoms with Gasteiger partial charge < -0.3 is 10.2 Å². The highest BCUT2D eigenvalue weighted by Crippen LogP contribution is 2.29. The number of hydrogen-bond donors (Lipinski definition) is 1. The van der Waals surface area contributed by atoms with E-state index in [-0.39, 0.29) is 23.8 Å². The molecular weight excluding hydrogens is 507 g/mol. The molecule has 1 heterocycles. The summed E-state index contributed by atoms with van der Waals surface area (Å²) in [5.74, 6) is 0.216. The second kappa shape index (κ2) is 13.1. The monoisotopic (exact) mass is 542 g/mol. The van der Waals surface area contributed by atoms with Crippen LogP contribution in [-0.2, 0) is 21.4 Å². The average molecular weight is 544 g/mol. The minimum Gasteiger partial charge on any atom is -0.333 e. The molecule has 0 aliphatic carbocycles. The van der Waals surface area contributed by atoms with Crippen molar-refractivity contribution in [3.05, 3.63) is 75.9 Å². The first kappa shape index (κ1) is 28.7. The predicted molar refractivity (Wildman–Crippen MR) is 152 cm³/mol. The molecule has 6 nitrogen and oxygen atoms in total. The lowest BCUT2D eigenvalue weighted by atomic mass is 9.92. The number of benzene rings is 2. The minimum absolute atomic E-state index is 0.0191. The van der Waals surface area contributed by atoms with Gasteiger partial charge in [-0.05, 0) is 36.6 Å². The normalized spacial score (nSPS) is 11.4. The van der Waals surface area contributed by atoms with Crippen LogP contribution in [0, 0.1) is 0 Å². The molecule has 2 amide bonds. The lowest BCUT2D eigenvalue weighted by molar-refractivity contribution is -0.134. The molecule has 0 saturated heterocycles. The van der Waals surface area contributed by atoms with Crippen LogP contribution in [0.25, 0.3) is 5.69 Å². The Labute approximate surface area is 230 Å². The Morgan fingerprint density at radius 3 is 2.38 bits per heavy atom. The molecule has 0 atom stereocenters. The summed E-state index contributed by atoms with van der Waals surface area (Å²) in [4.78, 5) is 28.0. The summed E-state index contributed by atoms with van der Waals surface area (Å²) >= 11 is 12.4. The molecule has 1 aromatic heterocycles. The van der Waals surface area contributed by atoms with Crippen LogP contribution in [0.15, 0.2) is 54.6 Å². The van der Waals surface area contributed by atoms with Crippen LogP contribution in [0.4, 0.5) is 5.82 Å². The summed E-state index contributed by atoms with van der Waals surface area (Å²) in [7, 11) is 0. The van der Waals surface area contributed by atoms with Crippen molar-refractivity contribution in [3.8, 4) is 5.69 Å². The Morgan fingerprint density at radius 1 is 1.00 bits per heavy atom. The Hall–Kier alpha value is -2.83. The van der Waals surface area contributed by atoms with Crippen LogP contribution >= 0.6 is 23.2 Å². The number of carbonyl (C=O) groups is 2. The molecule has 198 valence electrons. The van der Waals surface area contributed by atoms with Gasteiger partial charge in [-0.25, -0.2) is 4.68 Å². The molecule has 0 saturated carbocycles.